The molecule has 0 N–H and O–H groups in total. The number of hydrogen-bond acceptors (Lipinski definition) is 4. The highest BCUT2D eigenvalue weighted by molar-refractivity contribution is 5.88. The van der Waals surface area contributed by atoms with Crippen LogP contribution in [0.1, 0.15) is 31.9 Å². The number of nitrogens with zero attached hydrogens (tertiary/aromatic N) is 2. The molecule has 0 aliphatic carbocycles. The number of rotatable bonds is 4. The Bertz CT molecular complexity index is 1610. The molecule has 0 bridgehead atoms. The Kier molecular flexibility index (Phi) is 5.40. The lowest BCUT2D eigenvalue weighted by Crippen LogP contribution is -2.28. The minimum atomic E-state index is -0.379. The molecular formula is C29H26N2O3. The summed E-state index contributed by atoms with van der Waals surface area (Å²) in [6.45, 7) is 6.87. The van der Waals surface area contributed by atoms with Gasteiger partial charge in [-0.05, 0) is 35.1 Å². The number of hydrogen-bond donors (Lipinski definition) is 0. The highest BCUT2D eigenvalue weighted by Crippen LogP contribution is 2.26. The predicted octanol–water partition coefficient (Wildman–Crippen LogP) is 5.71. The fourth-order valence-corrected chi connectivity index (χ4v) is 4.22. The molecule has 5 aromatic rings. The third-order valence-electron chi connectivity index (χ3n) is 6.18. The molecule has 0 saturated carbocycles. The van der Waals surface area contributed by atoms with E-state index in [-0.39, 0.29) is 27.5 Å². The van der Waals surface area contributed by atoms with Crippen LogP contribution in [0.5, 0.6) is 0 Å². The molecule has 0 aliphatic rings. The molecule has 0 amide bonds. The van der Waals surface area contributed by atoms with Crippen molar-refractivity contribution < 1.29 is 4.42 Å². The van der Waals surface area contributed by atoms with Crippen molar-refractivity contribution in [2.45, 2.75) is 39.2 Å². The monoisotopic (exact) mass is 450 g/mol. The molecule has 0 spiro atoms. The fourth-order valence-electron chi connectivity index (χ4n) is 4.22. The van der Waals surface area contributed by atoms with E-state index in [1.807, 2.05) is 42.5 Å². The molecule has 3 aromatic carbocycles. The third-order valence-corrected chi connectivity index (χ3v) is 6.18. The Hall–Kier alpha value is -3.99. The molecule has 2 heterocycles. The van der Waals surface area contributed by atoms with Crippen molar-refractivity contribution in [3.05, 3.63) is 111 Å². The molecule has 0 atom stereocenters. The number of aromatic nitrogens is 2. The van der Waals surface area contributed by atoms with Crippen LogP contribution < -0.4 is 11.0 Å². The first-order valence-corrected chi connectivity index (χ1v) is 11.4. The van der Waals surface area contributed by atoms with Gasteiger partial charge in [0.2, 0.25) is 11.1 Å². The summed E-state index contributed by atoms with van der Waals surface area (Å²) in [5.74, 6) is 0.493. The zero-order valence-electron chi connectivity index (χ0n) is 19.5. The Morgan fingerprint density at radius 2 is 1.53 bits per heavy atom. The normalized spacial score (nSPS) is 11.9. The van der Waals surface area contributed by atoms with Gasteiger partial charge in [0.05, 0.1) is 5.39 Å². The number of benzene rings is 3. The lowest BCUT2D eigenvalue weighted by Gasteiger charge is -2.19. The zero-order valence-corrected chi connectivity index (χ0v) is 19.5. The first kappa shape index (κ1) is 21.8. The average molecular weight is 451 g/mol. The van der Waals surface area contributed by atoms with Crippen LogP contribution in [0.25, 0.3) is 33.5 Å². The summed E-state index contributed by atoms with van der Waals surface area (Å²) in [5.41, 5.74) is 2.86. The Morgan fingerprint density at radius 3 is 2.24 bits per heavy atom. The first-order chi connectivity index (χ1) is 16.3. The second-order valence-corrected chi connectivity index (χ2v) is 9.56. The van der Waals surface area contributed by atoms with Crippen molar-refractivity contribution in [2.75, 3.05) is 0 Å². The number of fused-ring (bicyclic) bond motifs is 2. The van der Waals surface area contributed by atoms with Gasteiger partial charge in [0.1, 0.15) is 11.4 Å². The van der Waals surface area contributed by atoms with E-state index in [0.29, 0.717) is 29.8 Å². The van der Waals surface area contributed by atoms with E-state index >= 15 is 0 Å². The Labute approximate surface area is 197 Å². The number of para-hydroxylation sites is 1. The molecule has 0 unspecified atom stereocenters. The van der Waals surface area contributed by atoms with Gasteiger partial charge in [-0.25, -0.2) is 0 Å². The molecule has 0 saturated heterocycles. The quantitative estimate of drug-likeness (QED) is 0.329. The van der Waals surface area contributed by atoms with Crippen LogP contribution in [-0.2, 0) is 18.4 Å². The summed E-state index contributed by atoms with van der Waals surface area (Å²) in [6, 6.07) is 25.0. The van der Waals surface area contributed by atoms with Crippen molar-refractivity contribution in [1.29, 1.82) is 0 Å². The van der Waals surface area contributed by atoms with Crippen molar-refractivity contribution in [1.82, 2.24) is 9.55 Å². The highest BCUT2D eigenvalue weighted by Gasteiger charge is 2.20. The second kappa shape index (κ2) is 8.41. The van der Waals surface area contributed by atoms with Crippen molar-refractivity contribution >= 4 is 22.1 Å². The van der Waals surface area contributed by atoms with E-state index in [2.05, 4.69) is 32.9 Å². The largest absolute Gasteiger partial charge is 0.437 e. The summed E-state index contributed by atoms with van der Waals surface area (Å²) >= 11 is 0. The van der Waals surface area contributed by atoms with Gasteiger partial charge < -0.3 is 4.42 Å². The smallest absolute Gasteiger partial charge is 0.269 e. The van der Waals surface area contributed by atoms with Gasteiger partial charge in [0.25, 0.3) is 5.56 Å². The molecule has 5 nitrogen and oxygen atoms in total. The predicted molar refractivity (Wildman–Crippen MR) is 136 cm³/mol. The topological polar surface area (TPSA) is 65.1 Å². The van der Waals surface area contributed by atoms with Gasteiger partial charge in [-0.1, -0.05) is 87.5 Å². The van der Waals surface area contributed by atoms with Crippen molar-refractivity contribution in [2.24, 2.45) is 0 Å². The zero-order chi connectivity index (χ0) is 23.9. The average Bonchev–Trinajstić information content (AvgIpc) is 2.83. The molecular weight excluding hydrogens is 424 g/mol. The molecule has 5 heteroatoms. The van der Waals surface area contributed by atoms with Crippen LogP contribution in [0.4, 0.5) is 0 Å². The minimum Gasteiger partial charge on any atom is -0.437 e. The van der Waals surface area contributed by atoms with E-state index in [1.54, 1.807) is 28.8 Å². The molecule has 0 aliphatic heterocycles. The summed E-state index contributed by atoms with van der Waals surface area (Å²) in [4.78, 5) is 31.6. The molecule has 170 valence electrons. The van der Waals surface area contributed by atoms with Gasteiger partial charge in [0.15, 0.2) is 5.39 Å². The van der Waals surface area contributed by atoms with E-state index in [1.165, 1.54) is 5.56 Å². The van der Waals surface area contributed by atoms with E-state index in [9.17, 15) is 9.59 Å². The first-order valence-electron chi connectivity index (χ1n) is 11.4. The summed E-state index contributed by atoms with van der Waals surface area (Å²) < 4.78 is 7.55. The van der Waals surface area contributed by atoms with Crippen molar-refractivity contribution in [3.8, 4) is 11.4 Å². The third kappa shape index (κ3) is 3.94. The Morgan fingerprint density at radius 1 is 0.853 bits per heavy atom. The van der Waals surface area contributed by atoms with Crippen LogP contribution in [0.15, 0.2) is 92.9 Å². The number of aryl methyl sites for hydroxylation is 1. The molecule has 5 rings (SSSR count). The van der Waals surface area contributed by atoms with Gasteiger partial charge in [0, 0.05) is 12.1 Å². The molecule has 34 heavy (non-hydrogen) atoms. The van der Waals surface area contributed by atoms with Crippen LogP contribution in [-0.4, -0.2) is 9.55 Å². The fraction of sp³-hybridized carbons (Fsp3) is 0.207. The van der Waals surface area contributed by atoms with Crippen LogP contribution in [0.2, 0.25) is 0 Å². The van der Waals surface area contributed by atoms with Crippen molar-refractivity contribution in [3.63, 3.8) is 0 Å². The Balaban J connectivity index is 1.73. The minimum absolute atomic E-state index is 0.00796. The molecule has 2 aromatic heterocycles. The maximum Gasteiger partial charge on any atom is 0.269 e. The van der Waals surface area contributed by atoms with Crippen LogP contribution in [0, 0.1) is 0 Å². The summed E-state index contributed by atoms with van der Waals surface area (Å²) in [7, 11) is 0. The standard InChI is InChI=1S/C29H26N2O3/c1-29(2,3)21-15-13-20(14-16-21)26-30-27-24(25(32)22-11-7-8-12-23(22)34-27)28(33)31(26)18-17-19-9-5-4-6-10-19/h4-16H,17-18H2,1-3H3. The lowest BCUT2D eigenvalue weighted by molar-refractivity contribution is 0.590. The van der Waals surface area contributed by atoms with Crippen LogP contribution in [0.3, 0.4) is 0 Å². The second-order valence-electron chi connectivity index (χ2n) is 9.56. The van der Waals surface area contributed by atoms with Crippen LogP contribution >= 0.6 is 0 Å². The van der Waals surface area contributed by atoms with Gasteiger partial charge in [-0.3, -0.25) is 14.2 Å². The maximum absolute atomic E-state index is 13.7. The van der Waals surface area contributed by atoms with Gasteiger partial charge in [-0.2, -0.15) is 4.98 Å². The maximum atomic E-state index is 13.7. The summed E-state index contributed by atoms with van der Waals surface area (Å²) in [5, 5.41) is 0.368. The lowest BCUT2D eigenvalue weighted by atomic mass is 9.86. The highest BCUT2D eigenvalue weighted by atomic mass is 16.3. The van der Waals surface area contributed by atoms with Gasteiger partial charge >= 0.3 is 0 Å². The summed E-state index contributed by atoms with van der Waals surface area (Å²) in [6.07, 6.45) is 0.639. The van der Waals surface area contributed by atoms with Gasteiger partial charge in [-0.15, -0.1) is 0 Å². The molecule has 0 fully saturated rings. The SMILES string of the molecule is CC(C)(C)c1ccc(-c2nc3oc4ccccc4c(=O)c3c(=O)n2CCc2ccccc2)cc1. The molecule has 0 radical (unpaired) electrons. The van der Waals surface area contributed by atoms with E-state index in [0.717, 1.165) is 11.1 Å². The van der Waals surface area contributed by atoms with E-state index in [4.69, 9.17) is 9.40 Å². The van der Waals surface area contributed by atoms with E-state index < -0.39 is 0 Å².